The number of benzene rings is 1. The summed E-state index contributed by atoms with van der Waals surface area (Å²) in [7, 11) is 0. The number of carbonyl (C=O) groups excluding carboxylic acids is 1. The van der Waals surface area contributed by atoms with E-state index in [-0.39, 0.29) is 11.7 Å². The van der Waals surface area contributed by atoms with E-state index in [4.69, 9.17) is 16.0 Å². The van der Waals surface area contributed by atoms with E-state index in [9.17, 15) is 4.79 Å². The number of aryl methyl sites for hydroxylation is 1. The topological polar surface area (TPSA) is 68.0 Å². The predicted octanol–water partition coefficient (Wildman–Crippen LogP) is 3.07. The molecule has 1 aromatic carbocycles. The molecule has 0 aliphatic rings. The van der Waals surface area contributed by atoms with E-state index in [2.05, 4.69) is 15.5 Å². The summed E-state index contributed by atoms with van der Waals surface area (Å²) in [5.74, 6) is 0.535. The van der Waals surface area contributed by atoms with Crippen molar-refractivity contribution < 1.29 is 9.21 Å². The molecule has 0 spiro atoms. The van der Waals surface area contributed by atoms with Crippen LogP contribution in [0.5, 0.6) is 0 Å². The quantitative estimate of drug-likeness (QED) is 0.878. The molecule has 0 radical (unpaired) electrons. The van der Waals surface area contributed by atoms with Crippen molar-refractivity contribution in [3.05, 3.63) is 34.7 Å². The van der Waals surface area contributed by atoms with Crippen LogP contribution in [-0.2, 0) is 4.79 Å². The first kappa shape index (κ1) is 13.9. The number of thioether (sulfide) groups is 1. The summed E-state index contributed by atoms with van der Waals surface area (Å²) in [6.45, 7) is 3.55. The fraction of sp³-hybridized carbons (Fsp3) is 0.250. The van der Waals surface area contributed by atoms with Gasteiger partial charge in [0.05, 0.1) is 5.75 Å². The Morgan fingerprint density at radius 3 is 2.89 bits per heavy atom. The lowest BCUT2D eigenvalue weighted by molar-refractivity contribution is -0.113. The van der Waals surface area contributed by atoms with Crippen LogP contribution in [0.25, 0.3) is 0 Å². The average molecular weight is 298 g/mol. The lowest BCUT2D eigenvalue weighted by atomic mass is 10.2. The average Bonchev–Trinajstić information content (AvgIpc) is 2.78. The molecule has 1 heterocycles. The SMILES string of the molecule is Cc1nnc(SCC(=O)Nc2cccc(Cl)c2C)o1. The van der Waals surface area contributed by atoms with Crippen LogP contribution in [0, 0.1) is 13.8 Å². The van der Waals surface area contributed by atoms with Crippen LogP contribution < -0.4 is 5.32 Å². The molecule has 0 aliphatic heterocycles. The Hall–Kier alpha value is -1.53. The molecule has 1 aromatic heterocycles. The molecule has 0 saturated carbocycles. The summed E-state index contributed by atoms with van der Waals surface area (Å²) in [5.41, 5.74) is 1.55. The molecule has 2 rings (SSSR count). The number of halogens is 1. The lowest BCUT2D eigenvalue weighted by Gasteiger charge is -2.08. The number of amides is 1. The highest BCUT2D eigenvalue weighted by Gasteiger charge is 2.10. The number of anilines is 1. The van der Waals surface area contributed by atoms with Gasteiger partial charge >= 0.3 is 0 Å². The molecule has 2 aromatic rings. The maximum atomic E-state index is 11.8. The monoisotopic (exact) mass is 297 g/mol. The Labute approximate surface area is 119 Å². The first-order valence-electron chi connectivity index (χ1n) is 5.54. The maximum Gasteiger partial charge on any atom is 0.277 e. The van der Waals surface area contributed by atoms with E-state index in [1.54, 1.807) is 25.1 Å². The second kappa shape index (κ2) is 6.08. The standard InChI is InChI=1S/C12H12ClN3O2S/c1-7-9(13)4-3-5-10(7)14-11(17)6-19-12-16-15-8(2)18-12/h3-5H,6H2,1-2H3,(H,14,17). The molecule has 19 heavy (non-hydrogen) atoms. The zero-order chi connectivity index (χ0) is 13.8. The van der Waals surface area contributed by atoms with Crippen molar-refractivity contribution in [2.75, 3.05) is 11.1 Å². The summed E-state index contributed by atoms with van der Waals surface area (Å²) in [6, 6.07) is 5.38. The summed E-state index contributed by atoms with van der Waals surface area (Å²) < 4.78 is 5.17. The van der Waals surface area contributed by atoms with Gasteiger partial charge in [-0.25, -0.2) is 0 Å². The zero-order valence-electron chi connectivity index (χ0n) is 10.4. The number of nitrogens with zero attached hydrogens (tertiary/aromatic N) is 2. The normalized spacial score (nSPS) is 10.5. The van der Waals surface area contributed by atoms with E-state index in [1.165, 1.54) is 11.8 Å². The third-order valence-corrected chi connectivity index (χ3v) is 3.60. The van der Waals surface area contributed by atoms with Crippen molar-refractivity contribution in [1.82, 2.24) is 10.2 Å². The highest BCUT2D eigenvalue weighted by atomic mass is 35.5. The molecule has 1 N–H and O–H groups in total. The number of nitrogens with one attached hydrogen (secondary N) is 1. The van der Waals surface area contributed by atoms with Gasteiger partial charge in [-0.2, -0.15) is 0 Å². The van der Waals surface area contributed by atoms with Gasteiger partial charge in [-0.1, -0.05) is 29.4 Å². The summed E-state index contributed by atoms with van der Waals surface area (Å²) >= 11 is 7.18. The Balaban J connectivity index is 1.92. The second-order valence-corrected chi connectivity index (χ2v) is 5.17. The van der Waals surface area contributed by atoms with Crippen molar-refractivity contribution in [2.24, 2.45) is 0 Å². The Bertz CT molecular complexity index is 600. The van der Waals surface area contributed by atoms with Gasteiger partial charge in [0, 0.05) is 17.6 Å². The van der Waals surface area contributed by atoms with E-state index < -0.39 is 0 Å². The van der Waals surface area contributed by atoms with Crippen LogP contribution in [-0.4, -0.2) is 21.9 Å². The van der Waals surface area contributed by atoms with E-state index in [0.29, 0.717) is 21.8 Å². The summed E-state index contributed by atoms with van der Waals surface area (Å²) in [6.07, 6.45) is 0. The van der Waals surface area contributed by atoms with E-state index in [1.807, 2.05) is 6.92 Å². The molecule has 0 atom stereocenters. The summed E-state index contributed by atoms with van der Waals surface area (Å²) in [5, 5.41) is 11.3. The molecule has 0 fully saturated rings. The van der Waals surface area contributed by atoms with Crippen LogP contribution >= 0.6 is 23.4 Å². The number of hydrogen-bond acceptors (Lipinski definition) is 5. The minimum atomic E-state index is -0.147. The summed E-state index contributed by atoms with van der Waals surface area (Å²) in [4.78, 5) is 11.8. The number of aromatic nitrogens is 2. The fourth-order valence-corrected chi connectivity index (χ4v) is 2.17. The van der Waals surface area contributed by atoms with Crippen molar-refractivity contribution >= 4 is 35.0 Å². The fourth-order valence-electron chi connectivity index (χ4n) is 1.39. The van der Waals surface area contributed by atoms with Gasteiger partial charge in [-0.05, 0) is 24.6 Å². The lowest BCUT2D eigenvalue weighted by Crippen LogP contribution is -2.14. The van der Waals surface area contributed by atoms with Crippen molar-refractivity contribution in [3.63, 3.8) is 0 Å². The van der Waals surface area contributed by atoms with Crippen LogP contribution in [0.15, 0.2) is 27.8 Å². The third kappa shape index (κ3) is 3.71. The zero-order valence-corrected chi connectivity index (χ0v) is 12.0. The van der Waals surface area contributed by atoms with Gasteiger partial charge < -0.3 is 9.73 Å². The maximum absolute atomic E-state index is 11.8. The smallest absolute Gasteiger partial charge is 0.277 e. The third-order valence-electron chi connectivity index (χ3n) is 2.38. The Morgan fingerprint density at radius 1 is 1.42 bits per heavy atom. The first-order chi connectivity index (χ1) is 9.06. The van der Waals surface area contributed by atoms with Gasteiger partial charge in [0.1, 0.15) is 0 Å². The molecule has 1 amide bonds. The number of rotatable bonds is 4. The van der Waals surface area contributed by atoms with E-state index >= 15 is 0 Å². The van der Waals surface area contributed by atoms with Gasteiger partial charge in [0.15, 0.2) is 0 Å². The van der Waals surface area contributed by atoms with Crippen molar-refractivity contribution in [1.29, 1.82) is 0 Å². The molecule has 5 nitrogen and oxygen atoms in total. The van der Waals surface area contributed by atoms with Gasteiger partial charge in [0.2, 0.25) is 11.8 Å². The van der Waals surface area contributed by atoms with E-state index in [0.717, 1.165) is 5.56 Å². The molecule has 100 valence electrons. The Kier molecular flexibility index (Phi) is 4.44. The molecule has 0 saturated heterocycles. The minimum absolute atomic E-state index is 0.147. The van der Waals surface area contributed by atoms with Gasteiger partial charge in [0.25, 0.3) is 5.22 Å². The van der Waals surface area contributed by atoms with Crippen LogP contribution in [0.4, 0.5) is 5.69 Å². The van der Waals surface area contributed by atoms with Crippen LogP contribution in [0.2, 0.25) is 5.02 Å². The van der Waals surface area contributed by atoms with Crippen molar-refractivity contribution in [3.8, 4) is 0 Å². The molecule has 0 aliphatic carbocycles. The molecule has 7 heteroatoms. The van der Waals surface area contributed by atoms with Gasteiger partial charge in [-0.3, -0.25) is 4.79 Å². The second-order valence-electron chi connectivity index (χ2n) is 3.84. The molecular weight excluding hydrogens is 286 g/mol. The highest BCUT2D eigenvalue weighted by Crippen LogP contribution is 2.23. The predicted molar refractivity (Wildman–Crippen MR) is 74.6 cm³/mol. The minimum Gasteiger partial charge on any atom is -0.416 e. The number of hydrogen-bond donors (Lipinski definition) is 1. The van der Waals surface area contributed by atoms with Crippen LogP contribution in [0.3, 0.4) is 0 Å². The molecular formula is C12H12ClN3O2S. The Morgan fingerprint density at radius 2 is 2.21 bits per heavy atom. The van der Waals surface area contributed by atoms with Gasteiger partial charge in [-0.15, -0.1) is 10.2 Å². The first-order valence-corrected chi connectivity index (χ1v) is 6.90. The largest absolute Gasteiger partial charge is 0.416 e. The van der Waals surface area contributed by atoms with Crippen LogP contribution in [0.1, 0.15) is 11.5 Å². The molecule has 0 unspecified atom stereocenters. The molecule has 0 bridgehead atoms. The highest BCUT2D eigenvalue weighted by molar-refractivity contribution is 7.99. The van der Waals surface area contributed by atoms with Crippen molar-refractivity contribution in [2.45, 2.75) is 19.1 Å². The number of carbonyl (C=O) groups is 1.